The average molecular weight is 247 g/mol. The maximum Gasteiger partial charge on any atom is 0.325 e. The van der Waals surface area contributed by atoms with Crippen LogP contribution in [0.1, 0.15) is 29.8 Å². The third-order valence-electron chi connectivity index (χ3n) is 2.87. The van der Waals surface area contributed by atoms with E-state index < -0.39 is 0 Å². The second kappa shape index (κ2) is 5.21. The SMILES string of the molecule is CC(C)OC(=O)CN1CCc2ccccc2C1=O. The van der Waals surface area contributed by atoms with E-state index in [-0.39, 0.29) is 24.5 Å². The van der Waals surface area contributed by atoms with Gasteiger partial charge < -0.3 is 9.64 Å². The molecule has 0 radical (unpaired) electrons. The van der Waals surface area contributed by atoms with Crippen LogP contribution in [0.4, 0.5) is 0 Å². The van der Waals surface area contributed by atoms with Crippen molar-refractivity contribution in [2.45, 2.75) is 26.4 Å². The van der Waals surface area contributed by atoms with Crippen molar-refractivity contribution in [3.05, 3.63) is 35.4 Å². The number of nitrogens with zero attached hydrogens (tertiary/aromatic N) is 1. The van der Waals surface area contributed by atoms with Crippen molar-refractivity contribution in [2.24, 2.45) is 0 Å². The number of amides is 1. The molecule has 1 heterocycles. The van der Waals surface area contributed by atoms with Gasteiger partial charge in [0.1, 0.15) is 6.54 Å². The van der Waals surface area contributed by atoms with Crippen molar-refractivity contribution in [1.29, 1.82) is 0 Å². The number of hydrogen-bond donors (Lipinski definition) is 0. The van der Waals surface area contributed by atoms with Crippen LogP contribution in [-0.2, 0) is 16.0 Å². The van der Waals surface area contributed by atoms with E-state index in [4.69, 9.17) is 4.74 Å². The van der Waals surface area contributed by atoms with Gasteiger partial charge in [-0.15, -0.1) is 0 Å². The van der Waals surface area contributed by atoms with Crippen molar-refractivity contribution in [2.75, 3.05) is 13.1 Å². The van der Waals surface area contributed by atoms with Crippen molar-refractivity contribution >= 4 is 11.9 Å². The predicted octanol–water partition coefficient (Wildman–Crippen LogP) is 1.64. The van der Waals surface area contributed by atoms with E-state index in [0.29, 0.717) is 12.1 Å². The first-order valence-corrected chi connectivity index (χ1v) is 6.14. The largest absolute Gasteiger partial charge is 0.462 e. The molecule has 4 heteroatoms. The normalized spacial score (nSPS) is 14.6. The van der Waals surface area contributed by atoms with Crippen LogP contribution in [0.15, 0.2) is 24.3 Å². The smallest absolute Gasteiger partial charge is 0.325 e. The van der Waals surface area contributed by atoms with Crippen LogP contribution in [0.5, 0.6) is 0 Å². The van der Waals surface area contributed by atoms with Gasteiger partial charge in [-0.3, -0.25) is 9.59 Å². The standard InChI is InChI=1S/C14H17NO3/c1-10(2)18-13(16)9-15-8-7-11-5-3-4-6-12(11)14(15)17/h3-6,10H,7-9H2,1-2H3. The third kappa shape index (κ3) is 2.70. The number of carbonyl (C=O) groups is 2. The van der Waals surface area contributed by atoms with E-state index in [1.807, 2.05) is 18.2 Å². The van der Waals surface area contributed by atoms with E-state index in [1.165, 1.54) is 0 Å². The van der Waals surface area contributed by atoms with Gasteiger partial charge in [0.25, 0.3) is 5.91 Å². The van der Waals surface area contributed by atoms with E-state index >= 15 is 0 Å². The monoisotopic (exact) mass is 247 g/mol. The van der Waals surface area contributed by atoms with Crippen LogP contribution >= 0.6 is 0 Å². The Labute approximate surface area is 107 Å². The summed E-state index contributed by atoms with van der Waals surface area (Å²) < 4.78 is 5.06. The molecular formula is C14H17NO3. The lowest BCUT2D eigenvalue weighted by atomic mass is 9.99. The summed E-state index contributed by atoms with van der Waals surface area (Å²) in [7, 11) is 0. The zero-order valence-electron chi connectivity index (χ0n) is 10.7. The van der Waals surface area contributed by atoms with Gasteiger partial charge in [0, 0.05) is 12.1 Å². The molecule has 18 heavy (non-hydrogen) atoms. The molecule has 1 aliphatic heterocycles. The number of rotatable bonds is 3. The van der Waals surface area contributed by atoms with Crippen LogP contribution < -0.4 is 0 Å². The second-order valence-electron chi connectivity index (χ2n) is 4.67. The second-order valence-corrected chi connectivity index (χ2v) is 4.67. The lowest BCUT2D eigenvalue weighted by molar-refractivity contribution is -0.148. The summed E-state index contributed by atoms with van der Waals surface area (Å²) in [6.45, 7) is 4.20. The molecule has 0 atom stereocenters. The van der Waals surface area contributed by atoms with Crippen LogP contribution in [-0.4, -0.2) is 36.0 Å². The molecule has 96 valence electrons. The Bertz CT molecular complexity index is 468. The fourth-order valence-corrected chi connectivity index (χ4v) is 2.08. The molecule has 0 N–H and O–H groups in total. The van der Waals surface area contributed by atoms with Crippen molar-refractivity contribution in [1.82, 2.24) is 4.90 Å². The van der Waals surface area contributed by atoms with Crippen molar-refractivity contribution in [3.63, 3.8) is 0 Å². The van der Waals surface area contributed by atoms with Gasteiger partial charge in [-0.1, -0.05) is 18.2 Å². The van der Waals surface area contributed by atoms with E-state index in [1.54, 1.807) is 24.8 Å². The fourth-order valence-electron chi connectivity index (χ4n) is 2.08. The van der Waals surface area contributed by atoms with Gasteiger partial charge in [0.2, 0.25) is 0 Å². The molecule has 0 saturated heterocycles. The number of carbonyl (C=O) groups excluding carboxylic acids is 2. The van der Waals surface area contributed by atoms with Gasteiger partial charge >= 0.3 is 5.97 Å². The first-order chi connectivity index (χ1) is 8.58. The van der Waals surface area contributed by atoms with Crippen LogP contribution in [0, 0.1) is 0 Å². The third-order valence-corrected chi connectivity index (χ3v) is 2.87. The number of ether oxygens (including phenoxy) is 1. The minimum Gasteiger partial charge on any atom is -0.462 e. The molecule has 0 saturated carbocycles. The van der Waals surface area contributed by atoms with Gasteiger partial charge in [-0.05, 0) is 31.9 Å². The highest BCUT2D eigenvalue weighted by molar-refractivity contribution is 5.98. The molecule has 1 aromatic rings. The molecule has 2 rings (SSSR count). The Morgan fingerprint density at radius 1 is 1.39 bits per heavy atom. The summed E-state index contributed by atoms with van der Waals surface area (Å²) >= 11 is 0. The average Bonchev–Trinajstić information content (AvgIpc) is 2.32. The summed E-state index contributed by atoms with van der Waals surface area (Å²) in [5.74, 6) is -0.435. The molecule has 0 spiro atoms. The van der Waals surface area contributed by atoms with Crippen LogP contribution in [0.25, 0.3) is 0 Å². The maximum absolute atomic E-state index is 12.2. The van der Waals surface area contributed by atoms with E-state index in [9.17, 15) is 9.59 Å². The minimum atomic E-state index is -0.349. The Hall–Kier alpha value is -1.84. The molecule has 1 aromatic carbocycles. The first-order valence-electron chi connectivity index (χ1n) is 6.14. The fraction of sp³-hybridized carbons (Fsp3) is 0.429. The quantitative estimate of drug-likeness (QED) is 0.763. The molecule has 0 aliphatic carbocycles. The molecule has 0 aromatic heterocycles. The Morgan fingerprint density at radius 3 is 2.83 bits per heavy atom. The molecule has 0 unspecified atom stereocenters. The van der Waals surface area contributed by atoms with E-state index in [2.05, 4.69) is 0 Å². The summed E-state index contributed by atoms with van der Waals surface area (Å²) in [4.78, 5) is 25.3. The van der Waals surface area contributed by atoms with Crippen molar-refractivity contribution < 1.29 is 14.3 Å². The number of benzene rings is 1. The Kier molecular flexibility index (Phi) is 3.65. The molecule has 4 nitrogen and oxygen atoms in total. The van der Waals surface area contributed by atoms with Gasteiger partial charge in [0.05, 0.1) is 6.10 Å². The summed E-state index contributed by atoms with van der Waals surface area (Å²) in [5.41, 5.74) is 1.75. The highest BCUT2D eigenvalue weighted by Crippen LogP contribution is 2.18. The zero-order valence-corrected chi connectivity index (χ0v) is 10.7. The molecule has 1 aliphatic rings. The lowest BCUT2D eigenvalue weighted by Gasteiger charge is -2.27. The van der Waals surface area contributed by atoms with Crippen LogP contribution in [0.3, 0.4) is 0 Å². The summed E-state index contributed by atoms with van der Waals surface area (Å²) in [6.07, 6.45) is 0.640. The Balaban J connectivity index is 2.06. The first kappa shape index (κ1) is 12.6. The van der Waals surface area contributed by atoms with Gasteiger partial charge in [-0.2, -0.15) is 0 Å². The topological polar surface area (TPSA) is 46.6 Å². The lowest BCUT2D eigenvalue weighted by Crippen LogP contribution is -2.41. The van der Waals surface area contributed by atoms with E-state index in [0.717, 1.165) is 12.0 Å². The van der Waals surface area contributed by atoms with Gasteiger partial charge in [-0.25, -0.2) is 0 Å². The molecule has 1 amide bonds. The molecule has 0 fully saturated rings. The highest BCUT2D eigenvalue weighted by atomic mass is 16.5. The maximum atomic E-state index is 12.2. The minimum absolute atomic E-state index is 0.0331. The summed E-state index contributed by atoms with van der Waals surface area (Å²) in [5, 5.41) is 0. The molecular weight excluding hydrogens is 230 g/mol. The number of fused-ring (bicyclic) bond motifs is 1. The number of esters is 1. The van der Waals surface area contributed by atoms with Crippen molar-refractivity contribution in [3.8, 4) is 0 Å². The summed E-state index contributed by atoms with van der Waals surface area (Å²) in [6, 6.07) is 7.52. The zero-order chi connectivity index (χ0) is 13.1. The highest BCUT2D eigenvalue weighted by Gasteiger charge is 2.25. The number of hydrogen-bond acceptors (Lipinski definition) is 3. The Morgan fingerprint density at radius 2 is 2.11 bits per heavy atom. The molecule has 0 bridgehead atoms. The van der Waals surface area contributed by atoms with Crippen LogP contribution in [0.2, 0.25) is 0 Å². The predicted molar refractivity (Wildman–Crippen MR) is 67.3 cm³/mol. The van der Waals surface area contributed by atoms with Gasteiger partial charge in [0.15, 0.2) is 0 Å².